The van der Waals surface area contributed by atoms with Gasteiger partial charge in [-0.1, -0.05) is 12.1 Å². The number of oxazole rings is 1. The smallest absolute Gasteiger partial charge is 0.234 e. The molecule has 0 radical (unpaired) electrons. The molecule has 2 heterocycles. The van der Waals surface area contributed by atoms with Crippen molar-refractivity contribution in [3.05, 3.63) is 66.2 Å². The predicted octanol–water partition coefficient (Wildman–Crippen LogP) is 4.58. The molecule has 3 aromatic carbocycles. The monoisotopic (exact) mass is 538 g/mol. The number of nitrogens with zero attached hydrogens (tertiary/aromatic N) is 1. The van der Waals surface area contributed by atoms with Crippen molar-refractivity contribution in [2.75, 3.05) is 39.9 Å². The van der Waals surface area contributed by atoms with Crippen LogP contribution in [-0.2, 0) is 16.4 Å². The molecule has 0 bridgehead atoms. The molecule has 11 heteroatoms. The highest BCUT2D eigenvalue weighted by Gasteiger charge is 2.30. The molecule has 0 aliphatic carbocycles. The average molecular weight is 539 g/mol. The van der Waals surface area contributed by atoms with Crippen molar-refractivity contribution >= 4 is 15.7 Å². The quantitative estimate of drug-likeness (QED) is 0.324. The standard InChI is InChI=1S/C27H26N2O8S/c1-32-19-7-4-17(5-8-19)16-28-26-27(29-25(37-26)18-6-10-21(33-2)23(14-18)34-3)38(30,31)20-9-11-22-24(15-20)36-13-12-35-22/h4-11,14-15,28H,12-13,16H2,1-3H3. The molecular weight excluding hydrogens is 512 g/mol. The van der Waals surface area contributed by atoms with Crippen LogP contribution in [0.3, 0.4) is 0 Å². The number of nitrogens with one attached hydrogen (secondary N) is 1. The third kappa shape index (κ3) is 4.92. The number of hydrogen-bond acceptors (Lipinski definition) is 10. The van der Waals surface area contributed by atoms with E-state index in [-0.39, 0.29) is 28.2 Å². The van der Waals surface area contributed by atoms with E-state index in [0.717, 1.165) is 5.56 Å². The van der Waals surface area contributed by atoms with E-state index in [1.165, 1.54) is 26.4 Å². The van der Waals surface area contributed by atoms with Gasteiger partial charge in [0.1, 0.15) is 19.0 Å². The Kier molecular flexibility index (Phi) is 7.01. The zero-order valence-corrected chi connectivity index (χ0v) is 21.8. The molecule has 0 spiro atoms. The molecule has 5 rings (SSSR count). The van der Waals surface area contributed by atoms with Crippen LogP contribution in [0.1, 0.15) is 5.56 Å². The summed E-state index contributed by atoms with van der Waals surface area (Å²) in [6.45, 7) is 1.02. The second-order valence-corrected chi connectivity index (χ2v) is 10.1. The summed E-state index contributed by atoms with van der Waals surface area (Å²) in [6, 6.07) is 16.9. The van der Waals surface area contributed by atoms with E-state index in [9.17, 15) is 8.42 Å². The fourth-order valence-electron chi connectivity index (χ4n) is 3.92. The number of sulfone groups is 1. The summed E-state index contributed by atoms with van der Waals surface area (Å²) in [5.41, 5.74) is 1.40. The lowest BCUT2D eigenvalue weighted by atomic mass is 10.2. The molecule has 10 nitrogen and oxygen atoms in total. The zero-order chi connectivity index (χ0) is 26.7. The summed E-state index contributed by atoms with van der Waals surface area (Å²) in [7, 11) is 0.517. The fourth-order valence-corrected chi connectivity index (χ4v) is 5.21. The number of ether oxygens (including phenoxy) is 5. The number of methoxy groups -OCH3 is 3. The van der Waals surface area contributed by atoms with Gasteiger partial charge in [0.15, 0.2) is 23.0 Å². The van der Waals surface area contributed by atoms with Gasteiger partial charge in [0.2, 0.25) is 26.6 Å². The molecule has 1 aliphatic heterocycles. The van der Waals surface area contributed by atoms with Crippen LogP contribution < -0.4 is 29.0 Å². The molecule has 0 amide bonds. The van der Waals surface area contributed by atoms with Gasteiger partial charge in [0.05, 0.1) is 26.2 Å². The minimum Gasteiger partial charge on any atom is -0.497 e. The Morgan fingerprint density at radius 2 is 1.58 bits per heavy atom. The first-order valence-corrected chi connectivity index (χ1v) is 13.2. The Morgan fingerprint density at radius 1 is 0.842 bits per heavy atom. The minimum atomic E-state index is -4.11. The summed E-state index contributed by atoms with van der Waals surface area (Å²) in [6.07, 6.45) is 0. The van der Waals surface area contributed by atoms with Crippen LogP contribution >= 0.6 is 0 Å². The SMILES string of the molecule is COc1ccc(CNc2oc(-c3ccc(OC)c(OC)c3)nc2S(=O)(=O)c2ccc3c(c2)OCCO3)cc1. The highest BCUT2D eigenvalue weighted by Crippen LogP contribution is 2.38. The second kappa shape index (κ2) is 10.5. The first kappa shape index (κ1) is 25.3. The van der Waals surface area contributed by atoms with Crippen molar-refractivity contribution in [2.24, 2.45) is 0 Å². The van der Waals surface area contributed by atoms with Gasteiger partial charge >= 0.3 is 0 Å². The van der Waals surface area contributed by atoms with Gasteiger partial charge in [-0.25, -0.2) is 8.42 Å². The van der Waals surface area contributed by atoms with Crippen molar-refractivity contribution in [3.8, 4) is 40.2 Å². The molecule has 4 aromatic rings. The Morgan fingerprint density at radius 3 is 2.29 bits per heavy atom. The van der Waals surface area contributed by atoms with Crippen LogP contribution in [0.4, 0.5) is 5.88 Å². The highest BCUT2D eigenvalue weighted by atomic mass is 32.2. The topological polar surface area (TPSA) is 118 Å². The molecule has 0 unspecified atom stereocenters. The van der Waals surface area contributed by atoms with E-state index in [4.69, 9.17) is 28.1 Å². The van der Waals surface area contributed by atoms with E-state index >= 15 is 0 Å². The lowest BCUT2D eigenvalue weighted by Crippen LogP contribution is -2.16. The van der Waals surface area contributed by atoms with Gasteiger partial charge in [0.25, 0.3) is 0 Å². The summed E-state index contributed by atoms with van der Waals surface area (Å²) in [5.74, 6) is 2.62. The van der Waals surface area contributed by atoms with Gasteiger partial charge < -0.3 is 33.4 Å². The zero-order valence-electron chi connectivity index (χ0n) is 21.0. The van der Waals surface area contributed by atoms with Crippen LogP contribution in [0, 0.1) is 0 Å². The Bertz CT molecular complexity index is 1550. The van der Waals surface area contributed by atoms with Crippen molar-refractivity contribution in [1.82, 2.24) is 4.98 Å². The number of benzene rings is 3. The molecule has 198 valence electrons. The molecule has 0 saturated carbocycles. The summed E-state index contributed by atoms with van der Waals surface area (Å²) >= 11 is 0. The third-order valence-corrected chi connectivity index (χ3v) is 7.58. The van der Waals surface area contributed by atoms with E-state index in [0.29, 0.717) is 47.5 Å². The van der Waals surface area contributed by atoms with E-state index < -0.39 is 9.84 Å². The summed E-state index contributed by atoms with van der Waals surface area (Å²) in [5, 5.41) is 2.83. The minimum absolute atomic E-state index is 0.000456. The molecule has 0 fully saturated rings. The number of aromatic nitrogens is 1. The van der Waals surface area contributed by atoms with Gasteiger partial charge in [0, 0.05) is 18.2 Å². The van der Waals surface area contributed by atoms with Crippen LogP contribution in [0.15, 0.2) is 75.0 Å². The summed E-state index contributed by atoms with van der Waals surface area (Å²) in [4.78, 5) is 4.41. The van der Waals surface area contributed by atoms with Crippen LogP contribution in [-0.4, -0.2) is 47.9 Å². The normalized spacial score (nSPS) is 12.6. The van der Waals surface area contributed by atoms with Crippen molar-refractivity contribution < 1.29 is 36.5 Å². The Labute approximate surface area is 220 Å². The van der Waals surface area contributed by atoms with Crippen molar-refractivity contribution in [2.45, 2.75) is 16.5 Å². The molecule has 38 heavy (non-hydrogen) atoms. The van der Waals surface area contributed by atoms with Crippen molar-refractivity contribution in [3.63, 3.8) is 0 Å². The van der Waals surface area contributed by atoms with Crippen LogP contribution in [0.5, 0.6) is 28.7 Å². The predicted molar refractivity (Wildman–Crippen MR) is 138 cm³/mol. The van der Waals surface area contributed by atoms with Gasteiger partial charge in [-0.3, -0.25) is 0 Å². The largest absolute Gasteiger partial charge is 0.497 e. The number of anilines is 1. The molecule has 1 N–H and O–H groups in total. The summed E-state index contributed by atoms with van der Waals surface area (Å²) < 4.78 is 60.6. The van der Waals surface area contributed by atoms with E-state index in [1.807, 2.05) is 24.3 Å². The average Bonchev–Trinajstić information content (AvgIpc) is 3.41. The maximum absolute atomic E-state index is 13.8. The van der Waals surface area contributed by atoms with Crippen molar-refractivity contribution in [1.29, 1.82) is 0 Å². The molecule has 1 aromatic heterocycles. The first-order chi connectivity index (χ1) is 18.4. The number of hydrogen-bond donors (Lipinski definition) is 1. The molecule has 0 saturated heterocycles. The lowest BCUT2D eigenvalue weighted by molar-refractivity contribution is 0.171. The van der Waals surface area contributed by atoms with Gasteiger partial charge in [-0.2, -0.15) is 4.98 Å². The maximum atomic E-state index is 13.8. The van der Waals surface area contributed by atoms with E-state index in [2.05, 4.69) is 10.3 Å². The Hall–Kier alpha value is -4.38. The number of fused-ring (bicyclic) bond motifs is 1. The van der Waals surface area contributed by atoms with Crippen LogP contribution in [0.25, 0.3) is 11.5 Å². The highest BCUT2D eigenvalue weighted by molar-refractivity contribution is 7.91. The second-order valence-electron chi connectivity index (χ2n) is 8.23. The number of rotatable bonds is 9. The molecular formula is C27H26N2O8S. The fraction of sp³-hybridized carbons (Fsp3) is 0.222. The molecule has 1 aliphatic rings. The third-order valence-electron chi connectivity index (χ3n) is 5.92. The van der Waals surface area contributed by atoms with Gasteiger partial charge in [-0.05, 0) is 48.0 Å². The molecule has 0 atom stereocenters. The van der Waals surface area contributed by atoms with Gasteiger partial charge in [-0.15, -0.1) is 0 Å². The first-order valence-electron chi connectivity index (χ1n) is 11.7. The Balaban J connectivity index is 1.55. The lowest BCUT2D eigenvalue weighted by Gasteiger charge is -2.18. The maximum Gasteiger partial charge on any atom is 0.234 e. The van der Waals surface area contributed by atoms with E-state index in [1.54, 1.807) is 31.4 Å². The van der Waals surface area contributed by atoms with Crippen LogP contribution in [0.2, 0.25) is 0 Å².